The van der Waals surface area contributed by atoms with Gasteiger partial charge in [-0.25, -0.2) is 0 Å². The fourth-order valence-corrected chi connectivity index (χ4v) is 2.72. The summed E-state index contributed by atoms with van der Waals surface area (Å²) in [7, 11) is 0. The number of rotatable bonds is 5. The molecule has 0 aliphatic heterocycles. The molecular formula is C14H21N3O3. The van der Waals surface area contributed by atoms with E-state index in [1.807, 2.05) is 19.2 Å². The van der Waals surface area contributed by atoms with Crippen LogP contribution < -0.4 is 5.32 Å². The average molecular weight is 279 g/mol. The van der Waals surface area contributed by atoms with Crippen molar-refractivity contribution in [2.45, 2.75) is 45.7 Å². The molecule has 0 saturated heterocycles. The van der Waals surface area contributed by atoms with Gasteiger partial charge >= 0.3 is 5.97 Å². The zero-order valence-corrected chi connectivity index (χ0v) is 11.7. The predicted octanol–water partition coefficient (Wildman–Crippen LogP) is 1.41. The molecule has 1 saturated carbocycles. The summed E-state index contributed by atoms with van der Waals surface area (Å²) in [4.78, 5) is 23.3. The third-order valence-corrected chi connectivity index (χ3v) is 3.88. The van der Waals surface area contributed by atoms with Crippen molar-refractivity contribution in [2.75, 3.05) is 0 Å². The molecule has 6 nitrogen and oxygen atoms in total. The van der Waals surface area contributed by atoms with Crippen molar-refractivity contribution in [3.05, 3.63) is 18.0 Å². The van der Waals surface area contributed by atoms with E-state index in [0.29, 0.717) is 19.4 Å². The summed E-state index contributed by atoms with van der Waals surface area (Å²) in [5, 5.41) is 16.3. The van der Waals surface area contributed by atoms with E-state index < -0.39 is 17.8 Å². The molecule has 0 bridgehead atoms. The highest BCUT2D eigenvalue weighted by Crippen LogP contribution is 2.30. The van der Waals surface area contributed by atoms with Gasteiger partial charge in [-0.15, -0.1) is 0 Å². The number of aliphatic carboxylic acids is 1. The highest BCUT2D eigenvalue weighted by Gasteiger charge is 2.35. The van der Waals surface area contributed by atoms with E-state index in [2.05, 4.69) is 10.4 Å². The Bertz CT molecular complexity index is 484. The van der Waals surface area contributed by atoms with Gasteiger partial charge in [0.2, 0.25) is 5.91 Å². The van der Waals surface area contributed by atoms with Crippen LogP contribution in [0.3, 0.4) is 0 Å². The van der Waals surface area contributed by atoms with Crippen LogP contribution in [-0.4, -0.2) is 26.8 Å². The first kappa shape index (κ1) is 14.6. The van der Waals surface area contributed by atoms with Crippen LogP contribution in [-0.2, 0) is 22.7 Å². The number of carboxylic acid groups (broad SMARTS) is 1. The van der Waals surface area contributed by atoms with Crippen molar-refractivity contribution in [1.82, 2.24) is 15.1 Å². The normalized spacial score (nSPS) is 22.4. The van der Waals surface area contributed by atoms with Crippen molar-refractivity contribution in [2.24, 2.45) is 11.8 Å². The Kier molecular flexibility index (Phi) is 4.76. The first-order valence-corrected chi connectivity index (χ1v) is 7.14. The molecule has 1 aromatic rings. The van der Waals surface area contributed by atoms with E-state index in [0.717, 1.165) is 25.1 Å². The zero-order chi connectivity index (χ0) is 14.5. The summed E-state index contributed by atoms with van der Waals surface area (Å²) >= 11 is 0. The predicted molar refractivity (Wildman–Crippen MR) is 72.8 cm³/mol. The van der Waals surface area contributed by atoms with E-state index >= 15 is 0 Å². The van der Waals surface area contributed by atoms with Crippen LogP contribution in [0, 0.1) is 11.8 Å². The summed E-state index contributed by atoms with van der Waals surface area (Å²) in [5.74, 6) is -1.98. The molecule has 1 aliphatic rings. The zero-order valence-electron chi connectivity index (χ0n) is 11.7. The Morgan fingerprint density at radius 3 is 2.70 bits per heavy atom. The molecule has 110 valence electrons. The lowest BCUT2D eigenvalue weighted by molar-refractivity contribution is -0.148. The lowest BCUT2D eigenvalue weighted by Gasteiger charge is -2.27. The standard InChI is InChI=1S/C14H21N3O3/c1-2-17-8-7-10(16-17)9-15-13(18)11-5-3-4-6-12(11)14(19)20/h7-8,11-12H,2-6,9H2,1H3,(H,15,18)(H,19,20)/t11-,12-/m0/s1. The number of nitrogens with zero attached hydrogens (tertiary/aromatic N) is 2. The van der Waals surface area contributed by atoms with Crippen LogP contribution in [0.5, 0.6) is 0 Å². The molecule has 1 amide bonds. The van der Waals surface area contributed by atoms with Gasteiger partial charge in [0, 0.05) is 12.7 Å². The fraction of sp³-hybridized carbons (Fsp3) is 0.643. The van der Waals surface area contributed by atoms with E-state index in [9.17, 15) is 14.7 Å². The second kappa shape index (κ2) is 6.54. The Morgan fingerprint density at radius 1 is 1.40 bits per heavy atom. The number of carbonyl (C=O) groups excluding carboxylic acids is 1. The van der Waals surface area contributed by atoms with Crippen molar-refractivity contribution in [1.29, 1.82) is 0 Å². The van der Waals surface area contributed by atoms with Crippen molar-refractivity contribution < 1.29 is 14.7 Å². The maximum absolute atomic E-state index is 12.2. The smallest absolute Gasteiger partial charge is 0.307 e. The van der Waals surface area contributed by atoms with Gasteiger partial charge in [-0.05, 0) is 25.8 Å². The van der Waals surface area contributed by atoms with Gasteiger partial charge in [0.15, 0.2) is 0 Å². The molecule has 6 heteroatoms. The first-order valence-electron chi connectivity index (χ1n) is 7.14. The van der Waals surface area contributed by atoms with Crippen LogP contribution in [0.1, 0.15) is 38.3 Å². The summed E-state index contributed by atoms with van der Waals surface area (Å²) in [6.07, 6.45) is 4.93. The van der Waals surface area contributed by atoms with Gasteiger partial charge in [0.25, 0.3) is 0 Å². The monoisotopic (exact) mass is 279 g/mol. The number of carbonyl (C=O) groups is 2. The Balaban J connectivity index is 1.91. The van der Waals surface area contributed by atoms with Crippen molar-refractivity contribution in [3.63, 3.8) is 0 Å². The Hall–Kier alpha value is -1.85. The summed E-state index contributed by atoms with van der Waals surface area (Å²) < 4.78 is 1.79. The number of amides is 1. The minimum Gasteiger partial charge on any atom is -0.481 e. The number of aromatic nitrogens is 2. The van der Waals surface area contributed by atoms with Crippen LogP contribution >= 0.6 is 0 Å². The fourth-order valence-electron chi connectivity index (χ4n) is 2.72. The minimum atomic E-state index is -0.861. The van der Waals surface area contributed by atoms with Gasteiger partial charge in [-0.2, -0.15) is 5.10 Å². The molecule has 2 atom stereocenters. The summed E-state index contributed by atoms with van der Waals surface area (Å²) in [6.45, 7) is 3.14. The number of carboxylic acids is 1. The number of hydrogen-bond donors (Lipinski definition) is 2. The van der Waals surface area contributed by atoms with Crippen LogP contribution in [0.4, 0.5) is 0 Å². The highest BCUT2D eigenvalue weighted by atomic mass is 16.4. The highest BCUT2D eigenvalue weighted by molar-refractivity contribution is 5.84. The molecule has 2 rings (SSSR count). The topological polar surface area (TPSA) is 84.2 Å². The summed E-state index contributed by atoms with van der Waals surface area (Å²) in [5.41, 5.74) is 0.794. The number of nitrogens with one attached hydrogen (secondary N) is 1. The second-order valence-electron chi connectivity index (χ2n) is 5.22. The van der Waals surface area contributed by atoms with E-state index in [4.69, 9.17) is 0 Å². The van der Waals surface area contributed by atoms with Crippen LogP contribution in [0.15, 0.2) is 12.3 Å². The molecular weight excluding hydrogens is 258 g/mol. The lowest BCUT2D eigenvalue weighted by atomic mass is 9.79. The number of aryl methyl sites for hydroxylation is 1. The lowest BCUT2D eigenvalue weighted by Crippen LogP contribution is -2.39. The quantitative estimate of drug-likeness (QED) is 0.853. The van der Waals surface area contributed by atoms with Gasteiger partial charge in [-0.1, -0.05) is 12.8 Å². The van der Waals surface area contributed by atoms with Gasteiger partial charge in [0.05, 0.1) is 24.1 Å². The largest absolute Gasteiger partial charge is 0.481 e. The van der Waals surface area contributed by atoms with Crippen molar-refractivity contribution >= 4 is 11.9 Å². The summed E-state index contributed by atoms with van der Waals surface area (Å²) in [6, 6.07) is 1.86. The molecule has 2 N–H and O–H groups in total. The second-order valence-corrected chi connectivity index (χ2v) is 5.22. The maximum Gasteiger partial charge on any atom is 0.307 e. The van der Waals surface area contributed by atoms with Crippen LogP contribution in [0.25, 0.3) is 0 Å². The molecule has 1 fully saturated rings. The molecule has 20 heavy (non-hydrogen) atoms. The van der Waals surface area contributed by atoms with Gasteiger partial charge < -0.3 is 10.4 Å². The third kappa shape index (κ3) is 3.37. The Morgan fingerprint density at radius 2 is 2.10 bits per heavy atom. The van der Waals surface area contributed by atoms with Crippen LogP contribution in [0.2, 0.25) is 0 Å². The molecule has 0 spiro atoms. The van der Waals surface area contributed by atoms with E-state index in [1.165, 1.54) is 0 Å². The number of hydrogen-bond acceptors (Lipinski definition) is 3. The van der Waals surface area contributed by atoms with E-state index in [-0.39, 0.29) is 5.91 Å². The molecule has 1 aromatic heterocycles. The third-order valence-electron chi connectivity index (χ3n) is 3.88. The van der Waals surface area contributed by atoms with Gasteiger partial charge in [-0.3, -0.25) is 14.3 Å². The van der Waals surface area contributed by atoms with Crippen molar-refractivity contribution in [3.8, 4) is 0 Å². The van der Waals surface area contributed by atoms with Gasteiger partial charge in [0.1, 0.15) is 0 Å². The SMILES string of the molecule is CCn1ccc(CNC(=O)[C@H]2CCCC[C@@H]2C(=O)O)n1. The molecule has 0 aromatic carbocycles. The molecule has 0 radical (unpaired) electrons. The first-order chi connectivity index (χ1) is 9.61. The molecule has 1 heterocycles. The van der Waals surface area contributed by atoms with E-state index in [1.54, 1.807) is 4.68 Å². The molecule has 1 aliphatic carbocycles. The Labute approximate surface area is 118 Å². The molecule has 0 unspecified atom stereocenters. The maximum atomic E-state index is 12.2. The average Bonchev–Trinajstić information content (AvgIpc) is 2.92. The minimum absolute atomic E-state index is 0.164.